The van der Waals surface area contributed by atoms with Crippen molar-refractivity contribution in [2.45, 2.75) is 58.8 Å². The molecule has 13 heavy (non-hydrogen) atoms. The third-order valence-electron chi connectivity index (χ3n) is 3.34. The van der Waals surface area contributed by atoms with E-state index in [2.05, 4.69) is 19.2 Å². The second-order valence-electron chi connectivity index (χ2n) is 4.66. The molecule has 1 heterocycles. The van der Waals surface area contributed by atoms with E-state index in [1.807, 2.05) is 0 Å². The van der Waals surface area contributed by atoms with Gasteiger partial charge >= 0.3 is 0 Å². The molecule has 1 saturated heterocycles. The molecule has 0 aromatic carbocycles. The Hall–Kier alpha value is -0.0400. The Morgan fingerprint density at radius 2 is 1.69 bits per heavy atom. The highest BCUT2D eigenvalue weighted by Gasteiger charge is 2.34. The molecule has 78 valence electrons. The second-order valence-corrected chi connectivity index (χ2v) is 4.66. The molecule has 1 fully saturated rings. The van der Waals surface area contributed by atoms with Gasteiger partial charge in [-0.1, -0.05) is 46.0 Å². The van der Waals surface area contributed by atoms with Gasteiger partial charge in [0.05, 0.1) is 0 Å². The zero-order chi connectivity index (χ0) is 9.57. The highest BCUT2D eigenvalue weighted by molar-refractivity contribution is 4.91. The van der Waals surface area contributed by atoms with Gasteiger partial charge in [-0.2, -0.15) is 0 Å². The van der Waals surface area contributed by atoms with Gasteiger partial charge in [-0.05, 0) is 18.3 Å². The van der Waals surface area contributed by atoms with Gasteiger partial charge in [0.2, 0.25) is 0 Å². The lowest BCUT2D eigenvalue weighted by atomic mass is 9.74. The molecule has 1 rings (SSSR count). The lowest BCUT2D eigenvalue weighted by Crippen LogP contribution is -2.53. The molecule has 1 aliphatic heterocycles. The molecule has 1 aliphatic rings. The summed E-state index contributed by atoms with van der Waals surface area (Å²) in [4.78, 5) is 0. The van der Waals surface area contributed by atoms with Crippen molar-refractivity contribution < 1.29 is 0 Å². The van der Waals surface area contributed by atoms with Crippen LogP contribution in [0.2, 0.25) is 0 Å². The average Bonchev–Trinajstić information content (AvgIpc) is 2.08. The molecule has 0 spiro atoms. The van der Waals surface area contributed by atoms with E-state index >= 15 is 0 Å². The molecule has 0 aromatic rings. The Balaban J connectivity index is 2.09. The van der Waals surface area contributed by atoms with E-state index in [9.17, 15) is 0 Å². The molecule has 0 bridgehead atoms. The normalized spacial score (nSPS) is 19.8. The Morgan fingerprint density at radius 1 is 0.923 bits per heavy atom. The topological polar surface area (TPSA) is 12.0 Å². The first-order chi connectivity index (χ1) is 6.33. The van der Waals surface area contributed by atoms with Crippen LogP contribution in [0.3, 0.4) is 0 Å². The summed E-state index contributed by atoms with van der Waals surface area (Å²) in [5, 5.41) is 3.43. The summed E-state index contributed by atoms with van der Waals surface area (Å²) < 4.78 is 0. The number of unbranched alkanes of at least 4 members (excludes halogenated alkanes) is 3. The van der Waals surface area contributed by atoms with Crippen LogP contribution in [-0.2, 0) is 0 Å². The van der Waals surface area contributed by atoms with E-state index in [1.54, 1.807) is 0 Å². The third kappa shape index (κ3) is 3.30. The van der Waals surface area contributed by atoms with Gasteiger partial charge in [0.15, 0.2) is 0 Å². The first-order valence-corrected chi connectivity index (χ1v) is 6.04. The predicted octanol–water partition coefficient (Wildman–Crippen LogP) is 3.35. The van der Waals surface area contributed by atoms with Crippen molar-refractivity contribution in [3.05, 3.63) is 0 Å². The summed E-state index contributed by atoms with van der Waals surface area (Å²) in [6, 6.07) is 0. The van der Waals surface area contributed by atoms with E-state index in [0.717, 1.165) is 0 Å². The summed E-state index contributed by atoms with van der Waals surface area (Å²) in [6.45, 7) is 7.17. The summed E-state index contributed by atoms with van der Waals surface area (Å²) in [7, 11) is 0. The minimum absolute atomic E-state index is 0.711. The molecule has 0 saturated carbocycles. The van der Waals surface area contributed by atoms with E-state index < -0.39 is 0 Å². The van der Waals surface area contributed by atoms with E-state index in [4.69, 9.17) is 0 Å². The molecule has 1 N–H and O–H groups in total. The van der Waals surface area contributed by atoms with Crippen LogP contribution in [0.1, 0.15) is 58.8 Å². The van der Waals surface area contributed by atoms with E-state index in [0.29, 0.717) is 5.41 Å². The van der Waals surface area contributed by atoms with Crippen molar-refractivity contribution in [1.82, 2.24) is 5.32 Å². The largest absolute Gasteiger partial charge is 0.316 e. The van der Waals surface area contributed by atoms with Crippen LogP contribution < -0.4 is 5.32 Å². The van der Waals surface area contributed by atoms with Crippen LogP contribution in [0, 0.1) is 5.41 Å². The van der Waals surface area contributed by atoms with Gasteiger partial charge in [-0.15, -0.1) is 0 Å². The average molecular weight is 183 g/mol. The molecule has 0 atom stereocenters. The number of hydrogen-bond acceptors (Lipinski definition) is 1. The standard InChI is InChI=1S/C12H25N/c1-3-5-6-7-9-12(8-4-2)10-13-11-12/h13H,3-11H2,1-2H3. The summed E-state index contributed by atoms with van der Waals surface area (Å²) in [5.74, 6) is 0. The molecule has 0 aliphatic carbocycles. The van der Waals surface area contributed by atoms with Crippen LogP contribution in [0.25, 0.3) is 0 Å². The molecular weight excluding hydrogens is 158 g/mol. The quantitative estimate of drug-likeness (QED) is 0.597. The molecule has 0 aromatic heterocycles. The number of nitrogens with one attached hydrogen (secondary N) is 1. The van der Waals surface area contributed by atoms with Crippen molar-refractivity contribution in [3.8, 4) is 0 Å². The molecule has 0 amide bonds. The minimum atomic E-state index is 0.711. The van der Waals surface area contributed by atoms with Gasteiger partial charge < -0.3 is 5.32 Å². The van der Waals surface area contributed by atoms with E-state index in [1.165, 1.54) is 58.0 Å². The fourth-order valence-corrected chi connectivity index (χ4v) is 2.41. The number of rotatable bonds is 7. The van der Waals surface area contributed by atoms with Crippen molar-refractivity contribution in [2.75, 3.05) is 13.1 Å². The maximum Gasteiger partial charge on any atom is 0.00202 e. The monoisotopic (exact) mass is 183 g/mol. The van der Waals surface area contributed by atoms with Crippen LogP contribution >= 0.6 is 0 Å². The smallest absolute Gasteiger partial charge is 0.00202 e. The molecule has 0 radical (unpaired) electrons. The fourth-order valence-electron chi connectivity index (χ4n) is 2.41. The maximum absolute atomic E-state index is 3.43. The lowest BCUT2D eigenvalue weighted by molar-refractivity contribution is 0.132. The Labute approximate surface area is 83.3 Å². The highest BCUT2D eigenvalue weighted by atomic mass is 15.0. The SMILES string of the molecule is CCCCCCC1(CCC)CNC1. The Morgan fingerprint density at radius 3 is 2.15 bits per heavy atom. The van der Waals surface area contributed by atoms with Crippen LogP contribution in [0.4, 0.5) is 0 Å². The Kier molecular flexibility index (Phi) is 4.79. The first-order valence-electron chi connectivity index (χ1n) is 6.04. The van der Waals surface area contributed by atoms with Crippen molar-refractivity contribution >= 4 is 0 Å². The molecule has 0 unspecified atom stereocenters. The predicted molar refractivity (Wildman–Crippen MR) is 59.0 cm³/mol. The number of hydrogen-bond donors (Lipinski definition) is 1. The minimum Gasteiger partial charge on any atom is -0.316 e. The highest BCUT2D eigenvalue weighted by Crippen LogP contribution is 2.34. The maximum atomic E-state index is 3.43. The lowest BCUT2D eigenvalue weighted by Gasteiger charge is -2.43. The first kappa shape index (κ1) is 11.0. The van der Waals surface area contributed by atoms with Gasteiger partial charge in [0, 0.05) is 13.1 Å². The Bertz CT molecular complexity index is 127. The third-order valence-corrected chi connectivity index (χ3v) is 3.34. The molecule has 1 nitrogen and oxygen atoms in total. The van der Waals surface area contributed by atoms with Crippen molar-refractivity contribution in [2.24, 2.45) is 5.41 Å². The van der Waals surface area contributed by atoms with Crippen LogP contribution in [0.5, 0.6) is 0 Å². The summed E-state index contributed by atoms with van der Waals surface area (Å²) in [5.41, 5.74) is 0.711. The summed E-state index contributed by atoms with van der Waals surface area (Å²) >= 11 is 0. The zero-order valence-corrected chi connectivity index (χ0v) is 9.36. The van der Waals surface area contributed by atoms with Gasteiger partial charge in [0.1, 0.15) is 0 Å². The van der Waals surface area contributed by atoms with Gasteiger partial charge in [-0.25, -0.2) is 0 Å². The van der Waals surface area contributed by atoms with Gasteiger partial charge in [-0.3, -0.25) is 0 Å². The fraction of sp³-hybridized carbons (Fsp3) is 1.00. The van der Waals surface area contributed by atoms with Gasteiger partial charge in [0.25, 0.3) is 0 Å². The van der Waals surface area contributed by atoms with E-state index in [-0.39, 0.29) is 0 Å². The van der Waals surface area contributed by atoms with Crippen molar-refractivity contribution in [3.63, 3.8) is 0 Å². The summed E-state index contributed by atoms with van der Waals surface area (Å²) in [6.07, 6.45) is 9.95. The molecule has 1 heteroatoms. The van der Waals surface area contributed by atoms with Crippen LogP contribution in [0.15, 0.2) is 0 Å². The second kappa shape index (κ2) is 5.64. The van der Waals surface area contributed by atoms with Crippen molar-refractivity contribution in [1.29, 1.82) is 0 Å². The van der Waals surface area contributed by atoms with Crippen LogP contribution in [-0.4, -0.2) is 13.1 Å². The molecular formula is C12H25N. The zero-order valence-electron chi connectivity index (χ0n) is 9.36.